The highest BCUT2D eigenvalue weighted by Crippen LogP contribution is 2.46. The monoisotopic (exact) mass is 860 g/mol. The summed E-state index contributed by atoms with van der Waals surface area (Å²) in [5, 5.41) is 13.0. The van der Waals surface area contributed by atoms with Crippen LogP contribution in [0.2, 0.25) is 0 Å². The van der Waals surface area contributed by atoms with Crippen LogP contribution in [0.4, 0.5) is 19.3 Å². The van der Waals surface area contributed by atoms with E-state index in [-0.39, 0.29) is 42.8 Å². The number of amides is 4. The van der Waals surface area contributed by atoms with Crippen LogP contribution >= 0.6 is 0 Å². The molecule has 2 aromatic heterocycles. The predicted molar refractivity (Wildman–Crippen MR) is 226 cm³/mol. The maximum Gasteiger partial charge on any atom is 0.408 e. The molecule has 0 bridgehead atoms. The first-order valence-corrected chi connectivity index (χ1v) is 20.5. The summed E-state index contributed by atoms with van der Waals surface area (Å²) < 4.78 is 53.7. The number of ether oxygens (including phenoxy) is 4. The second-order valence-corrected chi connectivity index (χ2v) is 16.8. The van der Waals surface area contributed by atoms with Gasteiger partial charge in [-0.3, -0.25) is 19.4 Å². The van der Waals surface area contributed by atoms with Gasteiger partial charge in [0.2, 0.25) is 11.8 Å². The molecule has 5 N–H and O–H groups in total. The van der Waals surface area contributed by atoms with Crippen molar-refractivity contribution in [3.63, 3.8) is 0 Å². The summed E-state index contributed by atoms with van der Waals surface area (Å²) in [6.07, 6.45) is 4.44. The lowest BCUT2D eigenvalue weighted by atomic mass is 9.95. The number of methoxy groups -OCH3 is 1. The first kappa shape index (κ1) is 45.4. The first-order chi connectivity index (χ1) is 29.5. The van der Waals surface area contributed by atoms with Crippen LogP contribution < -0.4 is 31.2 Å². The number of hydrogen-bond donors (Lipinski definition) is 4. The summed E-state index contributed by atoms with van der Waals surface area (Å²) in [6.45, 7) is 10.5. The quantitative estimate of drug-likeness (QED) is 0.104. The number of unbranched alkanes of at least 4 members (excludes halogenated alkanes) is 1. The molecule has 332 valence electrons. The van der Waals surface area contributed by atoms with Crippen LogP contribution in [0.5, 0.6) is 11.5 Å². The topological polar surface area (TPSA) is 201 Å². The van der Waals surface area contributed by atoms with Crippen molar-refractivity contribution in [2.75, 3.05) is 45.3 Å². The SMILES string of the molecule is COc1cc2c(cc1-c1cncc(NC(=O)CCCNC(=O)[C@@H](CCCCN)NC(=O)OC(C)(C)C)c1)-c1c(c(C(=O)N3CCOCC3(C)C)nn1-c1cc(F)cc(F)c1)CO2. The van der Waals surface area contributed by atoms with E-state index < -0.39 is 40.8 Å². The van der Waals surface area contributed by atoms with Gasteiger partial charge >= 0.3 is 6.09 Å². The molecule has 4 aromatic rings. The fourth-order valence-electron chi connectivity index (χ4n) is 7.33. The van der Waals surface area contributed by atoms with Crippen molar-refractivity contribution in [1.82, 2.24) is 30.3 Å². The van der Waals surface area contributed by atoms with E-state index in [1.165, 1.54) is 18.0 Å². The van der Waals surface area contributed by atoms with Crippen molar-refractivity contribution in [2.45, 2.75) is 90.5 Å². The molecule has 0 spiro atoms. The summed E-state index contributed by atoms with van der Waals surface area (Å²) in [4.78, 5) is 58.8. The minimum Gasteiger partial charge on any atom is -0.496 e. The van der Waals surface area contributed by atoms with Crippen molar-refractivity contribution in [3.8, 4) is 39.6 Å². The molecule has 62 heavy (non-hydrogen) atoms. The number of benzene rings is 2. The minimum absolute atomic E-state index is 0.0560. The van der Waals surface area contributed by atoms with Gasteiger partial charge in [0, 0.05) is 60.1 Å². The third-order valence-electron chi connectivity index (χ3n) is 10.3. The number of alkyl carbamates (subject to hydrolysis) is 1. The summed E-state index contributed by atoms with van der Waals surface area (Å²) in [6, 6.07) is 7.36. The number of aromatic nitrogens is 3. The molecule has 2 aliphatic heterocycles. The average molecular weight is 861 g/mol. The lowest BCUT2D eigenvalue weighted by Crippen LogP contribution is -2.55. The Balaban J connectivity index is 1.21. The van der Waals surface area contributed by atoms with Crippen LogP contribution in [0.1, 0.15) is 82.8 Å². The van der Waals surface area contributed by atoms with Crippen LogP contribution in [0.3, 0.4) is 0 Å². The number of nitrogens with zero attached hydrogens (tertiary/aromatic N) is 4. The maximum atomic E-state index is 14.7. The molecule has 0 unspecified atom stereocenters. The minimum atomic E-state index is -0.824. The van der Waals surface area contributed by atoms with Crippen molar-refractivity contribution in [2.24, 2.45) is 5.73 Å². The van der Waals surface area contributed by atoms with Crippen LogP contribution in [0.25, 0.3) is 28.1 Å². The van der Waals surface area contributed by atoms with Gasteiger partial charge < -0.3 is 45.5 Å². The Morgan fingerprint density at radius 3 is 2.45 bits per heavy atom. The molecule has 6 rings (SSSR count). The molecule has 18 heteroatoms. The van der Waals surface area contributed by atoms with E-state index in [1.807, 2.05) is 13.8 Å². The van der Waals surface area contributed by atoms with Gasteiger partial charge in [-0.15, -0.1) is 0 Å². The molecule has 0 radical (unpaired) electrons. The lowest BCUT2D eigenvalue weighted by Gasteiger charge is -2.41. The number of morpholine rings is 1. The third-order valence-corrected chi connectivity index (χ3v) is 10.3. The standard InChI is InChI=1S/C44H54F2N8O8/c1-43(2,3)62-42(58)51-34(10-7-8-12-47)40(56)49-13-9-11-37(55)50-29-16-26(22-48-23-29)31-20-32-36(21-35(31)59-6)61-24-33-38(41(57)53-14-15-60-25-44(53,4)5)52-54(39(32)33)30-18-27(45)17-28(46)19-30/h16-23,34H,7-15,24-25,47H2,1-6H3,(H,49,56)(H,50,55)(H,51,58)/t34-/m1/s1. The fourth-order valence-corrected chi connectivity index (χ4v) is 7.33. The normalized spacial score (nSPS) is 14.8. The van der Waals surface area contributed by atoms with E-state index in [1.54, 1.807) is 50.1 Å². The van der Waals surface area contributed by atoms with Gasteiger partial charge in [-0.1, -0.05) is 0 Å². The molecule has 0 saturated carbocycles. The zero-order valence-electron chi connectivity index (χ0n) is 35.9. The zero-order valence-corrected chi connectivity index (χ0v) is 35.9. The second-order valence-electron chi connectivity index (χ2n) is 16.8. The Hall–Kier alpha value is -6.14. The van der Waals surface area contributed by atoms with E-state index >= 15 is 0 Å². The van der Waals surface area contributed by atoms with Crippen molar-refractivity contribution < 1.29 is 46.9 Å². The predicted octanol–water partition coefficient (Wildman–Crippen LogP) is 5.89. The molecular weight excluding hydrogens is 807 g/mol. The van der Waals surface area contributed by atoms with E-state index in [0.29, 0.717) is 97.1 Å². The highest BCUT2D eigenvalue weighted by atomic mass is 19.1. The van der Waals surface area contributed by atoms with Gasteiger partial charge in [0.1, 0.15) is 41.4 Å². The molecule has 1 saturated heterocycles. The number of hydrogen-bond acceptors (Lipinski definition) is 11. The Morgan fingerprint density at radius 2 is 1.76 bits per heavy atom. The van der Waals surface area contributed by atoms with Crippen molar-refractivity contribution in [1.29, 1.82) is 0 Å². The van der Waals surface area contributed by atoms with Gasteiger partial charge in [0.15, 0.2) is 5.69 Å². The van der Waals surface area contributed by atoms with E-state index in [2.05, 4.69) is 20.9 Å². The number of fused-ring (bicyclic) bond motifs is 3. The molecule has 1 fully saturated rings. The Labute approximate surface area is 358 Å². The summed E-state index contributed by atoms with van der Waals surface area (Å²) in [5.41, 5.74) is 7.16. The number of anilines is 1. The molecule has 0 aliphatic carbocycles. The average Bonchev–Trinajstić information content (AvgIpc) is 3.60. The largest absolute Gasteiger partial charge is 0.496 e. The second kappa shape index (κ2) is 19.3. The number of carbonyl (C=O) groups excluding carboxylic acids is 4. The van der Waals surface area contributed by atoms with E-state index in [0.717, 1.165) is 18.2 Å². The smallest absolute Gasteiger partial charge is 0.408 e. The van der Waals surface area contributed by atoms with Gasteiger partial charge in [0.25, 0.3) is 5.91 Å². The fraction of sp³-hybridized carbons (Fsp3) is 0.455. The van der Waals surface area contributed by atoms with Crippen molar-refractivity contribution in [3.05, 3.63) is 71.7 Å². The Morgan fingerprint density at radius 1 is 1.00 bits per heavy atom. The summed E-state index contributed by atoms with van der Waals surface area (Å²) in [7, 11) is 1.49. The molecular formula is C44H54F2N8O8. The van der Waals surface area contributed by atoms with E-state index in [4.69, 9.17) is 29.8 Å². The number of carbonyl (C=O) groups is 4. The number of nitrogens with two attached hydrogens (primary N) is 1. The van der Waals surface area contributed by atoms with E-state index in [9.17, 15) is 28.0 Å². The third kappa shape index (κ3) is 10.8. The van der Waals surface area contributed by atoms with Crippen LogP contribution in [0.15, 0.2) is 48.8 Å². The Bertz CT molecular complexity index is 2290. The van der Waals surface area contributed by atoms with Gasteiger partial charge in [-0.05, 0) is 91.1 Å². The first-order valence-electron chi connectivity index (χ1n) is 20.5. The highest BCUT2D eigenvalue weighted by molar-refractivity contribution is 5.98. The number of rotatable bonds is 15. The number of halogens is 2. The zero-order chi connectivity index (χ0) is 44.8. The molecule has 2 aromatic carbocycles. The number of nitrogens with one attached hydrogen (secondary N) is 3. The summed E-state index contributed by atoms with van der Waals surface area (Å²) >= 11 is 0. The van der Waals surface area contributed by atoms with Gasteiger partial charge in [-0.25, -0.2) is 18.3 Å². The van der Waals surface area contributed by atoms with Gasteiger partial charge in [0.05, 0.1) is 49.1 Å². The molecule has 16 nitrogen and oxygen atoms in total. The van der Waals surface area contributed by atoms with Gasteiger partial charge in [-0.2, -0.15) is 5.10 Å². The summed E-state index contributed by atoms with van der Waals surface area (Å²) in [5.74, 6) is -1.95. The number of pyridine rings is 1. The van der Waals surface area contributed by atoms with Crippen molar-refractivity contribution >= 4 is 29.5 Å². The Kier molecular flexibility index (Phi) is 14.1. The molecule has 2 aliphatic rings. The molecule has 4 heterocycles. The van der Waals surface area contributed by atoms with Crippen LogP contribution in [-0.4, -0.2) is 101 Å². The maximum absolute atomic E-state index is 14.7. The highest BCUT2D eigenvalue weighted by Gasteiger charge is 2.39. The van der Waals surface area contributed by atoms with Crippen LogP contribution in [-0.2, 0) is 25.7 Å². The van der Waals surface area contributed by atoms with Crippen LogP contribution in [0, 0.1) is 11.6 Å². The lowest BCUT2D eigenvalue weighted by molar-refractivity contribution is -0.123. The molecule has 4 amide bonds. The molecule has 1 atom stereocenters.